The van der Waals surface area contributed by atoms with Gasteiger partial charge in [0.2, 0.25) is 0 Å². The molecule has 1 aromatic carbocycles. The van der Waals surface area contributed by atoms with E-state index in [-0.39, 0.29) is 16.8 Å². The summed E-state index contributed by atoms with van der Waals surface area (Å²) in [5.41, 5.74) is 0.645. The van der Waals surface area contributed by atoms with Gasteiger partial charge in [0.05, 0.1) is 5.56 Å². The fourth-order valence-corrected chi connectivity index (χ4v) is 2.18. The molecule has 0 saturated carbocycles. The number of aromatic amines is 1. The van der Waals surface area contributed by atoms with Crippen LogP contribution in [0.15, 0.2) is 36.7 Å². The van der Waals surface area contributed by atoms with Crippen LogP contribution in [0.1, 0.15) is 10.4 Å². The van der Waals surface area contributed by atoms with Gasteiger partial charge in [-0.05, 0) is 24.3 Å². The molecule has 1 amide bonds. The number of hydrogen-bond donors (Lipinski definition) is 2. The summed E-state index contributed by atoms with van der Waals surface area (Å²) in [7, 11) is 1.44. The number of hydrogen-bond acceptors (Lipinski definition) is 2. The minimum absolute atomic E-state index is 0.0584. The number of fused-ring (bicyclic) bond motifs is 1. The van der Waals surface area contributed by atoms with Crippen LogP contribution in [0.25, 0.3) is 22.2 Å². The van der Waals surface area contributed by atoms with E-state index in [9.17, 15) is 13.6 Å². The Morgan fingerprint density at radius 3 is 2.81 bits per heavy atom. The largest absolute Gasteiger partial charge is 0.361 e. The highest BCUT2D eigenvalue weighted by Gasteiger charge is 2.16. The molecule has 3 aromatic rings. The molecule has 0 saturated heterocycles. The van der Waals surface area contributed by atoms with Crippen LogP contribution in [0.3, 0.4) is 0 Å². The van der Waals surface area contributed by atoms with Crippen LogP contribution >= 0.6 is 0 Å². The Bertz CT molecular complexity index is 842. The second kappa shape index (κ2) is 4.97. The minimum Gasteiger partial charge on any atom is -0.361 e. The first-order valence-electron chi connectivity index (χ1n) is 6.25. The fourth-order valence-electron chi connectivity index (χ4n) is 2.18. The maximum absolute atomic E-state index is 14.4. The molecule has 106 valence electrons. The zero-order chi connectivity index (χ0) is 15.0. The highest BCUT2D eigenvalue weighted by atomic mass is 19.1. The van der Waals surface area contributed by atoms with E-state index in [0.717, 1.165) is 6.07 Å². The Hall–Kier alpha value is -2.76. The Morgan fingerprint density at radius 2 is 2.10 bits per heavy atom. The molecule has 4 nitrogen and oxygen atoms in total. The van der Waals surface area contributed by atoms with Crippen molar-refractivity contribution in [3.05, 3.63) is 53.9 Å². The van der Waals surface area contributed by atoms with Gasteiger partial charge in [0.1, 0.15) is 17.3 Å². The van der Waals surface area contributed by atoms with Crippen LogP contribution in [-0.2, 0) is 0 Å². The smallest absolute Gasteiger partial charge is 0.252 e. The molecule has 0 aliphatic carbocycles. The van der Waals surface area contributed by atoms with Gasteiger partial charge in [-0.25, -0.2) is 8.78 Å². The number of pyridine rings is 1. The van der Waals surface area contributed by atoms with E-state index in [1.165, 1.54) is 19.3 Å². The lowest BCUT2D eigenvalue weighted by molar-refractivity contribution is 0.0962. The number of halogens is 2. The third-order valence-corrected chi connectivity index (χ3v) is 3.25. The molecule has 2 aromatic heterocycles. The Labute approximate surface area is 118 Å². The highest BCUT2D eigenvalue weighted by molar-refractivity contribution is 5.94. The van der Waals surface area contributed by atoms with E-state index in [2.05, 4.69) is 15.3 Å². The first kappa shape index (κ1) is 13.2. The maximum atomic E-state index is 14.4. The van der Waals surface area contributed by atoms with Crippen molar-refractivity contribution in [1.82, 2.24) is 15.3 Å². The van der Waals surface area contributed by atoms with Crippen molar-refractivity contribution in [2.24, 2.45) is 0 Å². The summed E-state index contributed by atoms with van der Waals surface area (Å²) >= 11 is 0. The molecule has 3 rings (SSSR count). The van der Waals surface area contributed by atoms with E-state index >= 15 is 0 Å². The number of rotatable bonds is 2. The van der Waals surface area contributed by atoms with Crippen molar-refractivity contribution < 1.29 is 13.6 Å². The minimum atomic E-state index is -0.745. The first-order valence-corrected chi connectivity index (χ1v) is 6.25. The summed E-state index contributed by atoms with van der Waals surface area (Å²) < 4.78 is 28.5. The Kier molecular flexibility index (Phi) is 3.13. The number of nitrogens with zero attached hydrogens (tertiary/aromatic N) is 1. The maximum Gasteiger partial charge on any atom is 0.252 e. The second-order valence-corrected chi connectivity index (χ2v) is 4.50. The predicted octanol–water partition coefficient (Wildman–Crippen LogP) is 2.87. The number of H-pyrrole nitrogens is 1. The van der Waals surface area contributed by atoms with Crippen molar-refractivity contribution in [2.75, 3.05) is 7.05 Å². The molecule has 0 radical (unpaired) electrons. The zero-order valence-electron chi connectivity index (χ0n) is 11.1. The summed E-state index contributed by atoms with van der Waals surface area (Å²) in [6.45, 7) is 0. The number of amides is 1. The average Bonchev–Trinajstić information content (AvgIpc) is 2.97. The monoisotopic (exact) mass is 287 g/mol. The van der Waals surface area contributed by atoms with Crippen molar-refractivity contribution in [3.63, 3.8) is 0 Å². The van der Waals surface area contributed by atoms with Gasteiger partial charge in [0.15, 0.2) is 0 Å². The average molecular weight is 287 g/mol. The first-order chi connectivity index (χ1) is 10.1. The van der Waals surface area contributed by atoms with Crippen molar-refractivity contribution in [2.45, 2.75) is 0 Å². The van der Waals surface area contributed by atoms with Gasteiger partial charge in [-0.1, -0.05) is 0 Å². The van der Waals surface area contributed by atoms with Gasteiger partial charge in [-0.2, -0.15) is 0 Å². The lowest BCUT2D eigenvalue weighted by Gasteiger charge is -2.07. The lowest BCUT2D eigenvalue weighted by atomic mass is 10.1. The van der Waals surface area contributed by atoms with Gasteiger partial charge in [-0.3, -0.25) is 9.78 Å². The van der Waals surface area contributed by atoms with Crippen molar-refractivity contribution in [3.8, 4) is 11.3 Å². The van der Waals surface area contributed by atoms with Crippen molar-refractivity contribution >= 4 is 16.8 Å². The summed E-state index contributed by atoms with van der Waals surface area (Å²) in [5.74, 6) is -1.74. The molecule has 2 heterocycles. The van der Waals surface area contributed by atoms with Crippen LogP contribution < -0.4 is 5.32 Å². The topological polar surface area (TPSA) is 57.8 Å². The Balaban J connectivity index is 2.14. The van der Waals surface area contributed by atoms with E-state index in [1.54, 1.807) is 18.3 Å². The Morgan fingerprint density at radius 1 is 1.29 bits per heavy atom. The fraction of sp³-hybridized carbons (Fsp3) is 0.0667. The van der Waals surface area contributed by atoms with Gasteiger partial charge in [0, 0.05) is 35.9 Å². The standard InChI is InChI=1S/C15H11F2N3O/c1-18-15(21)8-6-11(16)14(20-7-8)10-2-3-12-9(13(10)17)4-5-19-12/h2-7,19H,1H3,(H,18,21). The molecule has 0 aliphatic rings. The summed E-state index contributed by atoms with van der Waals surface area (Å²) in [6.07, 6.45) is 2.83. The van der Waals surface area contributed by atoms with E-state index < -0.39 is 17.5 Å². The highest BCUT2D eigenvalue weighted by Crippen LogP contribution is 2.29. The van der Waals surface area contributed by atoms with Gasteiger partial charge in [-0.15, -0.1) is 0 Å². The predicted molar refractivity (Wildman–Crippen MR) is 74.8 cm³/mol. The molecule has 0 unspecified atom stereocenters. The summed E-state index contributed by atoms with van der Waals surface area (Å²) in [4.78, 5) is 18.2. The molecule has 0 fully saturated rings. The van der Waals surface area contributed by atoms with Gasteiger partial charge >= 0.3 is 0 Å². The van der Waals surface area contributed by atoms with Crippen LogP contribution in [0, 0.1) is 11.6 Å². The number of aromatic nitrogens is 2. The summed E-state index contributed by atoms with van der Waals surface area (Å²) in [6, 6.07) is 5.73. The molecule has 0 spiro atoms. The molecule has 0 bridgehead atoms. The normalized spacial score (nSPS) is 10.8. The number of nitrogens with one attached hydrogen (secondary N) is 2. The molecular weight excluding hydrogens is 276 g/mol. The van der Waals surface area contributed by atoms with Gasteiger partial charge in [0.25, 0.3) is 5.91 Å². The molecule has 21 heavy (non-hydrogen) atoms. The SMILES string of the molecule is CNC(=O)c1cnc(-c2ccc3[nH]ccc3c2F)c(F)c1. The zero-order valence-corrected chi connectivity index (χ0v) is 11.1. The summed E-state index contributed by atoms with van der Waals surface area (Å²) in [5, 5.41) is 2.74. The molecule has 0 atom stereocenters. The number of benzene rings is 1. The molecule has 0 aliphatic heterocycles. The van der Waals surface area contributed by atoms with E-state index in [0.29, 0.717) is 10.9 Å². The van der Waals surface area contributed by atoms with Crippen LogP contribution in [0.5, 0.6) is 0 Å². The second-order valence-electron chi connectivity index (χ2n) is 4.50. The van der Waals surface area contributed by atoms with Crippen molar-refractivity contribution in [1.29, 1.82) is 0 Å². The van der Waals surface area contributed by atoms with Gasteiger partial charge < -0.3 is 10.3 Å². The number of carbonyl (C=O) groups is 1. The van der Waals surface area contributed by atoms with E-state index in [4.69, 9.17) is 0 Å². The van der Waals surface area contributed by atoms with Crippen LogP contribution in [0.2, 0.25) is 0 Å². The third-order valence-electron chi connectivity index (χ3n) is 3.25. The molecule has 6 heteroatoms. The third kappa shape index (κ3) is 2.14. The van der Waals surface area contributed by atoms with E-state index in [1.807, 2.05) is 0 Å². The lowest BCUT2D eigenvalue weighted by Crippen LogP contribution is -2.18. The molecular formula is C15H11F2N3O. The quantitative estimate of drug-likeness (QED) is 0.761. The van der Waals surface area contributed by atoms with Crippen LogP contribution in [-0.4, -0.2) is 22.9 Å². The van der Waals surface area contributed by atoms with Crippen LogP contribution in [0.4, 0.5) is 8.78 Å². The number of carbonyl (C=O) groups excluding carboxylic acids is 1. The molecule has 2 N–H and O–H groups in total.